The Morgan fingerprint density at radius 3 is 2.55 bits per heavy atom. The van der Waals surface area contributed by atoms with Crippen molar-refractivity contribution in [3.63, 3.8) is 0 Å². The van der Waals surface area contributed by atoms with Crippen LogP contribution in [-0.2, 0) is 0 Å². The number of carbonyl (C=O) groups excluding carboxylic acids is 2. The van der Waals surface area contributed by atoms with Gasteiger partial charge in [-0.1, -0.05) is 11.6 Å². The number of nitrogens with zero attached hydrogens (tertiary/aromatic N) is 1. The highest BCUT2D eigenvalue weighted by Crippen LogP contribution is 2.26. The van der Waals surface area contributed by atoms with Gasteiger partial charge in [-0.2, -0.15) is 0 Å². The molecule has 1 aromatic carbocycles. The Kier molecular flexibility index (Phi) is 3.86. The lowest BCUT2D eigenvalue weighted by atomic mass is 10.2. The van der Waals surface area contributed by atoms with Crippen LogP contribution in [0, 0.1) is 0 Å². The number of hydrogen-bond acceptors (Lipinski definition) is 4. The molecule has 1 heterocycles. The number of phenolic OH excluding ortho intramolecular Hbond substituents is 1. The number of primary amides is 1. The van der Waals surface area contributed by atoms with E-state index in [2.05, 4.69) is 10.3 Å². The van der Waals surface area contributed by atoms with Crippen molar-refractivity contribution in [1.82, 2.24) is 4.98 Å². The number of anilines is 1. The molecule has 0 aliphatic heterocycles. The number of pyridine rings is 1. The summed E-state index contributed by atoms with van der Waals surface area (Å²) in [6.07, 6.45) is 1.22. The minimum Gasteiger partial charge on any atom is -0.506 e. The molecular formula is C13H10ClN3O3. The second-order valence-electron chi connectivity index (χ2n) is 3.91. The molecule has 0 bridgehead atoms. The minimum absolute atomic E-state index is 0.0656. The van der Waals surface area contributed by atoms with Gasteiger partial charge in [-0.05, 0) is 24.3 Å². The predicted octanol–water partition coefficient (Wildman–Crippen LogP) is 1.79. The SMILES string of the molecule is NC(=O)c1ccc(C(=O)Nc2ccc(Cl)cc2O)cn1. The molecule has 7 heteroatoms. The number of aromatic hydroxyl groups is 1. The highest BCUT2D eigenvalue weighted by atomic mass is 35.5. The second-order valence-corrected chi connectivity index (χ2v) is 4.35. The first-order valence-corrected chi connectivity index (χ1v) is 5.91. The normalized spacial score (nSPS) is 10.1. The van der Waals surface area contributed by atoms with Gasteiger partial charge < -0.3 is 16.2 Å². The van der Waals surface area contributed by atoms with E-state index in [9.17, 15) is 14.7 Å². The summed E-state index contributed by atoms with van der Waals surface area (Å²) >= 11 is 5.69. The van der Waals surface area contributed by atoms with Gasteiger partial charge in [-0.15, -0.1) is 0 Å². The first-order valence-electron chi connectivity index (χ1n) is 5.53. The summed E-state index contributed by atoms with van der Waals surface area (Å²) in [6, 6.07) is 7.08. The lowest BCUT2D eigenvalue weighted by Gasteiger charge is -2.07. The first kappa shape index (κ1) is 13.8. The van der Waals surface area contributed by atoms with Crippen molar-refractivity contribution < 1.29 is 14.7 Å². The van der Waals surface area contributed by atoms with Crippen molar-refractivity contribution in [2.45, 2.75) is 0 Å². The molecular weight excluding hydrogens is 282 g/mol. The Hall–Kier alpha value is -2.60. The summed E-state index contributed by atoms with van der Waals surface area (Å²) in [6.45, 7) is 0. The summed E-state index contributed by atoms with van der Waals surface area (Å²) in [7, 11) is 0. The molecule has 0 radical (unpaired) electrons. The molecule has 102 valence electrons. The van der Waals surface area contributed by atoms with Gasteiger partial charge in [0.15, 0.2) is 0 Å². The molecule has 2 rings (SSSR count). The van der Waals surface area contributed by atoms with Crippen molar-refractivity contribution in [2.75, 3.05) is 5.32 Å². The fraction of sp³-hybridized carbons (Fsp3) is 0. The number of nitrogens with one attached hydrogen (secondary N) is 1. The third-order valence-corrected chi connectivity index (χ3v) is 2.72. The first-order chi connectivity index (χ1) is 9.47. The summed E-state index contributed by atoms with van der Waals surface area (Å²) in [5.41, 5.74) is 5.56. The monoisotopic (exact) mass is 291 g/mol. The van der Waals surface area contributed by atoms with Gasteiger partial charge in [0.2, 0.25) is 0 Å². The number of phenols is 1. The van der Waals surface area contributed by atoms with Gasteiger partial charge in [0.05, 0.1) is 11.3 Å². The summed E-state index contributed by atoms with van der Waals surface area (Å²) in [4.78, 5) is 26.5. The zero-order valence-corrected chi connectivity index (χ0v) is 10.9. The molecule has 20 heavy (non-hydrogen) atoms. The zero-order chi connectivity index (χ0) is 14.7. The van der Waals surface area contributed by atoms with Crippen molar-refractivity contribution in [2.24, 2.45) is 5.73 Å². The van der Waals surface area contributed by atoms with E-state index in [0.29, 0.717) is 5.02 Å². The van der Waals surface area contributed by atoms with E-state index in [1.165, 1.54) is 36.5 Å². The van der Waals surface area contributed by atoms with E-state index in [0.717, 1.165) is 0 Å². The Morgan fingerprint density at radius 2 is 2.00 bits per heavy atom. The fourth-order valence-corrected chi connectivity index (χ4v) is 1.65. The minimum atomic E-state index is -0.674. The highest BCUT2D eigenvalue weighted by molar-refractivity contribution is 6.30. The van der Waals surface area contributed by atoms with Crippen molar-refractivity contribution >= 4 is 29.1 Å². The molecule has 0 unspecified atom stereocenters. The molecule has 0 spiro atoms. The van der Waals surface area contributed by atoms with Crippen LogP contribution in [0.3, 0.4) is 0 Å². The molecule has 0 aliphatic carbocycles. The number of amides is 2. The largest absolute Gasteiger partial charge is 0.506 e. The zero-order valence-electron chi connectivity index (χ0n) is 10.1. The molecule has 4 N–H and O–H groups in total. The Labute approximate surface area is 119 Å². The molecule has 0 saturated carbocycles. The van der Waals surface area contributed by atoms with Gasteiger partial charge in [-0.25, -0.2) is 0 Å². The van der Waals surface area contributed by atoms with Crippen LogP contribution in [0.1, 0.15) is 20.8 Å². The average Bonchev–Trinajstić information content (AvgIpc) is 2.42. The van der Waals surface area contributed by atoms with Crippen molar-refractivity contribution in [3.8, 4) is 5.75 Å². The number of nitrogens with two attached hydrogens (primary N) is 1. The lowest BCUT2D eigenvalue weighted by Crippen LogP contribution is -2.15. The second kappa shape index (κ2) is 5.58. The van der Waals surface area contributed by atoms with Gasteiger partial charge in [-0.3, -0.25) is 14.6 Å². The van der Waals surface area contributed by atoms with Crippen LogP contribution in [-0.4, -0.2) is 21.9 Å². The fourth-order valence-electron chi connectivity index (χ4n) is 1.48. The topological polar surface area (TPSA) is 105 Å². The summed E-state index contributed by atoms with van der Waals surface area (Å²) < 4.78 is 0. The molecule has 1 aromatic heterocycles. The predicted molar refractivity (Wildman–Crippen MR) is 73.8 cm³/mol. The van der Waals surface area contributed by atoms with E-state index >= 15 is 0 Å². The standard InChI is InChI=1S/C13H10ClN3O3/c14-8-2-4-9(11(18)5-8)17-13(20)7-1-3-10(12(15)19)16-6-7/h1-6,18H,(H2,15,19)(H,17,20). The van der Waals surface area contributed by atoms with E-state index in [-0.39, 0.29) is 22.7 Å². The van der Waals surface area contributed by atoms with E-state index in [1.54, 1.807) is 0 Å². The maximum absolute atomic E-state index is 11.9. The molecule has 0 saturated heterocycles. The maximum atomic E-state index is 11.9. The quantitative estimate of drug-likeness (QED) is 0.750. The molecule has 6 nitrogen and oxygen atoms in total. The molecule has 0 aliphatic rings. The molecule has 0 atom stereocenters. The molecule has 2 amide bonds. The summed E-state index contributed by atoms with van der Waals surface area (Å²) in [5.74, 6) is -1.30. The average molecular weight is 292 g/mol. The van der Waals surface area contributed by atoms with Gasteiger partial charge >= 0.3 is 0 Å². The van der Waals surface area contributed by atoms with E-state index in [1.807, 2.05) is 0 Å². The Morgan fingerprint density at radius 1 is 1.25 bits per heavy atom. The number of hydrogen-bond donors (Lipinski definition) is 3. The number of benzene rings is 1. The van der Waals surface area contributed by atoms with E-state index in [4.69, 9.17) is 17.3 Å². The van der Waals surface area contributed by atoms with Crippen LogP contribution in [0.2, 0.25) is 5.02 Å². The number of aromatic nitrogens is 1. The van der Waals surface area contributed by atoms with E-state index < -0.39 is 11.8 Å². The van der Waals surface area contributed by atoms with Crippen LogP contribution in [0.4, 0.5) is 5.69 Å². The van der Waals surface area contributed by atoms with Crippen LogP contribution < -0.4 is 11.1 Å². The van der Waals surface area contributed by atoms with Crippen molar-refractivity contribution in [3.05, 3.63) is 52.8 Å². The molecule has 2 aromatic rings. The molecule has 0 fully saturated rings. The van der Waals surface area contributed by atoms with Crippen LogP contribution in [0.15, 0.2) is 36.5 Å². The Balaban J connectivity index is 2.17. The summed E-state index contributed by atoms with van der Waals surface area (Å²) in [5, 5.41) is 12.5. The van der Waals surface area contributed by atoms with Crippen LogP contribution >= 0.6 is 11.6 Å². The van der Waals surface area contributed by atoms with Gasteiger partial charge in [0.25, 0.3) is 11.8 Å². The number of carbonyl (C=O) groups is 2. The van der Waals surface area contributed by atoms with Gasteiger partial charge in [0.1, 0.15) is 11.4 Å². The van der Waals surface area contributed by atoms with Crippen LogP contribution in [0.5, 0.6) is 5.75 Å². The smallest absolute Gasteiger partial charge is 0.267 e. The van der Waals surface area contributed by atoms with Gasteiger partial charge in [0, 0.05) is 17.3 Å². The third kappa shape index (κ3) is 3.04. The lowest BCUT2D eigenvalue weighted by molar-refractivity contribution is 0.0990. The Bertz CT molecular complexity index is 671. The van der Waals surface area contributed by atoms with Crippen molar-refractivity contribution in [1.29, 1.82) is 0 Å². The number of halogens is 1. The maximum Gasteiger partial charge on any atom is 0.267 e. The number of rotatable bonds is 3. The highest BCUT2D eigenvalue weighted by Gasteiger charge is 2.10. The third-order valence-electron chi connectivity index (χ3n) is 2.49. The van der Waals surface area contributed by atoms with Crippen LogP contribution in [0.25, 0.3) is 0 Å².